The van der Waals surface area contributed by atoms with E-state index in [4.69, 9.17) is 5.26 Å². The first-order chi connectivity index (χ1) is 9.19. The predicted molar refractivity (Wildman–Crippen MR) is 71.6 cm³/mol. The number of nitrogens with one attached hydrogen (secondary N) is 1. The molecule has 0 aliphatic heterocycles. The van der Waals surface area contributed by atoms with E-state index in [1.807, 2.05) is 17.7 Å². The van der Waals surface area contributed by atoms with E-state index in [2.05, 4.69) is 33.4 Å². The SMILES string of the molecule is Cc1cc(C)n(CCCNc2cnc(C#N)cn2)n1. The van der Waals surface area contributed by atoms with Crippen LogP contribution in [-0.2, 0) is 6.54 Å². The number of rotatable bonds is 5. The number of nitriles is 1. The average molecular weight is 256 g/mol. The van der Waals surface area contributed by atoms with Crippen molar-refractivity contribution in [2.75, 3.05) is 11.9 Å². The van der Waals surface area contributed by atoms with Gasteiger partial charge in [0.1, 0.15) is 11.9 Å². The summed E-state index contributed by atoms with van der Waals surface area (Å²) in [4.78, 5) is 8.05. The topological polar surface area (TPSA) is 79.4 Å². The molecule has 2 aromatic rings. The van der Waals surface area contributed by atoms with Crippen LogP contribution in [0.3, 0.4) is 0 Å². The molecule has 19 heavy (non-hydrogen) atoms. The summed E-state index contributed by atoms with van der Waals surface area (Å²) in [5.74, 6) is 0.687. The maximum atomic E-state index is 8.61. The van der Waals surface area contributed by atoms with Crippen LogP contribution in [0.4, 0.5) is 5.82 Å². The van der Waals surface area contributed by atoms with E-state index < -0.39 is 0 Å². The van der Waals surface area contributed by atoms with Crippen LogP contribution in [0.25, 0.3) is 0 Å². The summed E-state index contributed by atoms with van der Waals surface area (Å²) in [6.45, 7) is 5.71. The lowest BCUT2D eigenvalue weighted by Crippen LogP contribution is -2.09. The largest absolute Gasteiger partial charge is 0.369 e. The number of hydrogen-bond donors (Lipinski definition) is 1. The summed E-state index contributed by atoms with van der Waals surface area (Å²) >= 11 is 0. The number of hydrogen-bond acceptors (Lipinski definition) is 5. The molecule has 0 bridgehead atoms. The van der Waals surface area contributed by atoms with Gasteiger partial charge in [-0.25, -0.2) is 9.97 Å². The first-order valence-electron chi connectivity index (χ1n) is 6.16. The first-order valence-corrected chi connectivity index (χ1v) is 6.16. The fourth-order valence-electron chi connectivity index (χ4n) is 1.82. The Kier molecular flexibility index (Phi) is 4.08. The second kappa shape index (κ2) is 5.96. The van der Waals surface area contributed by atoms with E-state index in [1.165, 1.54) is 11.9 Å². The summed E-state index contributed by atoms with van der Waals surface area (Å²) in [6.07, 6.45) is 3.98. The smallest absolute Gasteiger partial charge is 0.158 e. The Morgan fingerprint density at radius 2 is 2.16 bits per heavy atom. The number of aromatic nitrogens is 4. The van der Waals surface area contributed by atoms with Gasteiger partial charge in [-0.1, -0.05) is 0 Å². The minimum atomic E-state index is 0.327. The van der Waals surface area contributed by atoms with Gasteiger partial charge in [0.2, 0.25) is 0 Å². The number of anilines is 1. The molecule has 98 valence electrons. The summed E-state index contributed by atoms with van der Waals surface area (Å²) in [5.41, 5.74) is 2.55. The molecule has 0 spiro atoms. The van der Waals surface area contributed by atoms with Crippen molar-refractivity contribution in [3.8, 4) is 6.07 Å². The second-order valence-electron chi connectivity index (χ2n) is 4.33. The van der Waals surface area contributed by atoms with Crippen LogP contribution in [0.1, 0.15) is 23.5 Å². The van der Waals surface area contributed by atoms with Crippen LogP contribution in [0.2, 0.25) is 0 Å². The molecule has 0 aliphatic carbocycles. The maximum absolute atomic E-state index is 8.61. The molecule has 0 fully saturated rings. The Morgan fingerprint density at radius 3 is 2.74 bits per heavy atom. The molecule has 0 radical (unpaired) electrons. The third-order valence-corrected chi connectivity index (χ3v) is 2.72. The third kappa shape index (κ3) is 3.52. The zero-order valence-corrected chi connectivity index (χ0v) is 11.1. The monoisotopic (exact) mass is 256 g/mol. The standard InChI is InChI=1S/C13H16N6/c1-10-6-11(2)19(18-10)5-3-4-15-13-9-16-12(7-14)8-17-13/h6,8-9H,3-5H2,1-2H3,(H,15,17). The minimum Gasteiger partial charge on any atom is -0.369 e. The summed E-state index contributed by atoms with van der Waals surface area (Å²) in [7, 11) is 0. The summed E-state index contributed by atoms with van der Waals surface area (Å²) < 4.78 is 2.00. The highest BCUT2D eigenvalue weighted by atomic mass is 15.3. The first kappa shape index (κ1) is 13.0. The Hall–Kier alpha value is -2.42. The normalized spacial score (nSPS) is 10.2. The molecule has 2 rings (SSSR count). The van der Waals surface area contributed by atoms with Gasteiger partial charge in [0.05, 0.1) is 18.1 Å². The minimum absolute atomic E-state index is 0.327. The molecule has 0 aliphatic rings. The fourth-order valence-corrected chi connectivity index (χ4v) is 1.82. The lowest BCUT2D eigenvalue weighted by atomic mass is 10.4. The molecule has 6 nitrogen and oxygen atoms in total. The lowest BCUT2D eigenvalue weighted by Gasteiger charge is -2.06. The highest BCUT2D eigenvalue weighted by Gasteiger charge is 2.00. The molecule has 2 heterocycles. The van der Waals surface area contributed by atoms with E-state index in [1.54, 1.807) is 6.20 Å². The predicted octanol–water partition coefficient (Wildman–Crippen LogP) is 1.66. The Balaban J connectivity index is 1.77. The van der Waals surface area contributed by atoms with Crippen molar-refractivity contribution in [1.82, 2.24) is 19.7 Å². The van der Waals surface area contributed by atoms with Gasteiger partial charge in [-0.2, -0.15) is 10.4 Å². The van der Waals surface area contributed by atoms with E-state index in [-0.39, 0.29) is 0 Å². The Labute approximate surface area is 112 Å². The lowest BCUT2D eigenvalue weighted by molar-refractivity contribution is 0.573. The third-order valence-electron chi connectivity index (χ3n) is 2.72. The van der Waals surface area contributed by atoms with E-state index in [0.717, 1.165) is 25.2 Å². The zero-order valence-electron chi connectivity index (χ0n) is 11.1. The fraction of sp³-hybridized carbons (Fsp3) is 0.385. The molecule has 0 atom stereocenters. The molecule has 0 saturated heterocycles. The van der Waals surface area contributed by atoms with Gasteiger partial charge in [0.25, 0.3) is 0 Å². The van der Waals surface area contributed by atoms with Crippen molar-refractivity contribution in [3.63, 3.8) is 0 Å². The molecular formula is C13H16N6. The van der Waals surface area contributed by atoms with E-state index in [9.17, 15) is 0 Å². The van der Waals surface area contributed by atoms with E-state index in [0.29, 0.717) is 11.5 Å². The van der Waals surface area contributed by atoms with Crippen LogP contribution in [-0.4, -0.2) is 26.3 Å². The van der Waals surface area contributed by atoms with Gasteiger partial charge in [0, 0.05) is 18.8 Å². The number of aryl methyl sites for hydroxylation is 3. The van der Waals surface area contributed by atoms with Gasteiger partial charge in [-0.15, -0.1) is 0 Å². The quantitative estimate of drug-likeness (QED) is 0.823. The van der Waals surface area contributed by atoms with Gasteiger partial charge in [-0.3, -0.25) is 4.68 Å². The zero-order chi connectivity index (χ0) is 13.7. The molecule has 1 N–H and O–H groups in total. The molecule has 2 aromatic heterocycles. The van der Waals surface area contributed by atoms with Crippen LogP contribution < -0.4 is 5.32 Å². The highest BCUT2D eigenvalue weighted by molar-refractivity contribution is 5.32. The van der Waals surface area contributed by atoms with Crippen LogP contribution in [0, 0.1) is 25.2 Å². The Morgan fingerprint density at radius 1 is 1.32 bits per heavy atom. The second-order valence-corrected chi connectivity index (χ2v) is 4.33. The molecule has 0 saturated carbocycles. The Bertz CT molecular complexity index is 578. The van der Waals surface area contributed by atoms with Crippen molar-refractivity contribution >= 4 is 5.82 Å². The van der Waals surface area contributed by atoms with Crippen molar-refractivity contribution in [3.05, 3.63) is 35.5 Å². The summed E-state index contributed by atoms with van der Waals surface area (Å²) in [6, 6.07) is 4.01. The van der Waals surface area contributed by atoms with Gasteiger partial charge < -0.3 is 5.32 Å². The molecule has 0 aromatic carbocycles. The molecule has 6 heteroatoms. The van der Waals surface area contributed by atoms with E-state index >= 15 is 0 Å². The van der Waals surface area contributed by atoms with Gasteiger partial charge in [0.15, 0.2) is 5.69 Å². The maximum Gasteiger partial charge on any atom is 0.158 e. The summed E-state index contributed by atoms with van der Waals surface area (Å²) in [5, 5.41) is 16.2. The number of nitrogens with zero attached hydrogens (tertiary/aromatic N) is 5. The van der Waals surface area contributed by atoms with Gasteiger partial charge >= 0.3 is 0 Å². The average Bonchev–Trinajstić information content (AvgIpc) is 2.74. The van der Waals surface area contributed by atoms with Crippen LogP contribution >= 0.6 is 0 Å². The molecule has 0 amide bonds. The molecular weight excluding hydrogens is 240 g/mol. The van der Waals surface area contributed by atoms with Crippen LogP contribution in [0.5, 0.6) is 0 Å². The van der Waals surface area contributed by atoms with Crippen LogP contribution in [0.15, 0.2) is 18.5 Å². The van der Waals surface area contributed by atoms with Crippen molar-refractivity contribution in [2.45, 2.75) is 26.8 Å². The van der Waals surface area contributed by atoms with Crippen molar-refractivity contribution < 1.29 is 0 Å². The van der Waals surface area contributed by atoms with Crippen molar-refractivity contribution in [1.29, 1.82) is 5.26 Å². The highest BCUT2D eigenvalue weighted by Crippen LogP contribution is 2.04. The molecule has 0 unspecified atom stereocenters. The van der Waals surface area contributed by atoms with Crippen molar-refractivity contribution in [2.24, 2.45) is 0 Å². The van der Waals surface area contributed by atoms with Gasteiger partial charge in [-0.05, 0) is 26.3 Å².